The quantitative estimate of drug-likeness (QED) is 0.171. The molecule has 1 spiro atoms. The summed E-state index contributed by atoms with van der Waals surface area (Å²) in [6.07, 6.45) is 7.34. The minimum Gasteiger partial charge on any atom is -0.497 e. The van der Waals surface area contributed by atoms with Crippen LogP contribution in [0.4, 0.5) is 11.4 Å². The Balaban J connectivity index is 1.25. The molecule has 0 bridgehead atoms. The zero-order valence-electron chi connectivity index (χ0n) is 31.1. The third-order valence-corrected chi connectivity index (χ3v) is 16.4. The van der Waals surface area contributed by atoms with Gasteiger partial charge in [0.15, 0.2) is 5.60 Å². The number of rotatable bonds is 11. The number of carbonyl (C=O) groups excluding carboxylic acids is 2. The average Bonchev–Trinajstić information content (AvgIpc) is 3.79. The summed E-state index contributed by atoms with van der Waals surface area (Å²) >= 11 is 6.73. The number of carbonyl (C=O) groups is 2. The Morgan fingerprint density at radius 3 is 2.60 bits per heavy atom. The Bertz CT molecular complexity index is 1950. The molecule has 3 aliphatic rings. The molecule has 2 amide bonds. The molecular formula is C41H50ClN5O5Si. The molecule has 0 saturated carbocycles. The van der Waals surface area contributed by atoms with E-state index < -0.39 is 13.7 Å². The number of aryl methyl sites for hydroxylation is 1. The van der Waals surface area contributed by atoms with Crippen molar-refractivity contribution in [1.29, 1.82) is 0 Å². The highest BCUT2D eigenvalue weighted by atomic mass is 35.5. The van der Waals surface area contributed by atoms with E-state index in [0.29, 0.717) is 43.9 Å². The van der Waals surface area contributed by atoms with E-state index in [1.807, 2.05) is 64.5 Å². The maximum Gasteiger partial charge on any atom is 0.264 e. The van der Waals surface area contributed by atoms with Crippen molar-refractivity contribution in [3.8, 4) is 5.75 Å². The van der Waals surface area contributed by atoms with Crippen LogP contribution in [0, 0.1) is 5.92 Å². The van der Waals surface area contributed by atoms with Gasteiger partial charge in [-0.2, -0.15) is 0 Å². The number of fused-ring (bicyclic) bond motifs is 2. The van der Waals surface area contributed by atoms with Crippen LogP contribution in [0.3, 0.4) is 0 Å². The van der Waals surface area contributed by atoms with Gasteiger partial charge in [0.25, 0.3) is 5.91 Å². The maximum atomic E-state index is 15.3. The first-order valence-corrected chi connectivity index (χ1v) is 22.4. The van der Waals surface area contributed by atoms with Crippen molar-refractivity contribution in [1.82, 2.24) is 15.0 Å². The first-order chi connectivity index (χ1) is 25.6. The molecule has 10 nitrogen and oxygen atoms in total. The minimum absolute atomic E-state index is 0.00937. The van der Waals surface area contributed by atoms with E-state index in [0.717, 1.165) is 59.6 Å². The van der Waals surface area contributed by atoms with Crippen LogP contribution in [-0.2, 0) is 39.4 Å². The number of ether oxygens (including phenoxy) is 2. The fourth-order valence-electron chi connectivity index (χ4n) is 9.09. The second kappa shape index (κ2) is 15.4. The molecule has 2 saturated heterocycles. The van der Waals surface area contributed by atoms with Crippen molar-refractivity contribution < 1.29 is 24.2 Å². The second-order valence-electron chi connectivity index (χ2n) is 15.3. The second-order valence-corrected chi connectivity index (χ2v) is 20.4. The SMILES string of the molecule is COc1ccc([Si](C)(C)[C@@H]2[C@@H](CCn3cc(CCO)nn3)O[C@]3(C(=O)N(Cc4cccc(N5CCCCCCC5=O)c4)c4ccc(Cl)cc43)[C@H]2C)cc1. The molecule has 0 aliphatic carbocycles. The molecule has 0 radical (unpaired) electrons. The Hall–Kier alpha value is -4.03. The molecule has 3 aliphatic heterocycles. The lowest BCUT2D eigenvalue weighted by molar-refractivity contribution is -0.146. The van der Waals surface area contributed by atoms with Crippen LogP contribution in [0.1, 0.15) is 62.3 Å². The molecule has 53 heavy (non-hydrogen) atoms. The van der Waals surface area contributed by atoms with Crippen LogP contribution in [0.5, 0.6) is 5.75 Å². The van der Waals surface area contributed by atoms with Crippen molar-refractivity contribution in [2.24, 2.45) is 5.92 Å². The topological polar surface area (TPSA) is 110 Å². The van der Waals surface area contributed by atoms with Crippen LogP contribution in [-0.4, -0.2) is 66.4 Å². The summed E-state index contributed by atoms with van der Waals surface area (Å²) in [5.74, 6) is 0.685. The molecule has 12 heteroatoms. The zero-order valence-corrected chi connectivity index (χ0v) is 32.9. The number of aliphatic hydroxyl groups excluding tert-OH is 1. The van der Waals surface area contributed by atoms with Crippen molar-refractivity contribution in [3.63, 3.8) is 0 Å². The number of aliphatic hydroxyl groups is 1. The number of amides is 2. The smallest absolute Gasteiger partial charge is 0.264 e. The van der Waals surface area contributed by atoms with E-state index in [2.05, 4.69) is 48.5 Å². The predicted molar refractivity (Wildman–Crippen MR) is 210 cm³/mol. The summed E-state index contributed by atoms with van der Waals surface area (Å²) < 4.78 is 14.6. The summed E-state index contributed by atoms with van der Waals surface area (Å²) in [4.78, 5) is 32.2. The van der Waals surface area contributed by atoms with Crippen molar-refractivity contribution in [3.05, 3.63) is 94.8 Å². The summed E-state index contributed by atoms with van der Waals surface area (Å²) in [6, 6.07) is 22.1. The third kappa shape index (κ3) is 7.04. The lowest BCUT2D eigenvalue weighted by atomic mass is 9.82. The van der Waals surface area contributed by atoms with Gasteiger partial charge in [0.2, 0.25) is 5.91 Å². The fourth-order valence-corrected chi connectivity index (χ4v) is 13.3. The molecular weight excluding hydrogens is 706 g/mol. The number of anilines is 2. The molecule has 4 atom stereocenters. The largest absolute Gasteiger partial charge is 0.497 e. The standard InChI is InChI=1S/C41H50ClN5O5Si/c1-28-39(53(3,4)34-16-14-33(51-2)15-17-34)37(19-22-45-27-31(20-23-48)43-44-45)52-41(28)35-25-30(42)13-18-36(35)47(40(41)50)26-29-10-9-11-32(24-29)46-21-8-6-5-7-12-38(46)49/h9-11,13-18,24-25,27-28,37,39,48H,5-8,12,19-23,26H2,1-4H3/t28-,37+,39-,41+/m0/s1. The number of hydrogen-bond donors (Lipinski definition) is 1. The summed E-state index contributed by atoms with van der Waals surface area (Å²) in [5.41, 5.74) is 2.96. The Kier molecular flexibility index (Phi) is 10.8. The van der Waals surface area contributed by atoms with E-state index in [1.165, 1.54) is 5.19 Å². The van der Waals surface area contributed by atoms with Gasteiger partial charge in [0.1, 0.15) is 5.75 Å². The predicted octanol–water partition coefficient (Wildman–Crippen LogP) is 6.63. The minimum atomic E-state index is -2.35. The van der Waals surface area contributed by atoms with Crippen LogP contribution >= 0.6 is 11.6 Å². The molecule has 0 unspecified atom stereocenters. The molecule has 280 valence electrons. The van der Waals surface area contributed by atoms with Gasteiger partial charge in [-0.3, -0.25) is 14.3 Å². The van der Waals surface area contributed by atoms with E-state index in [4.69, 9.17) is 21.1 Å². The van der Waals surface area contributed by atoms with Gasteiger partial charge in [0, 0.05) is 60.9 Å². The van der Waals surface area contributed by atoms with E-state index >= 15 is 4.79 Å². The Morgan fingerprint density at radius 2 is 1.83 bits per heavy atom. The molecule has 1 aromatic heterocycles. The monoisotopic (exact) mass is 755 g/mol. The third-order valence-electron chi connectivity index (χ3n) is 11.8. The summed E-state index contributed by atoms with van der Waals surface area (Å²) in [6.45, 7) is 8.52. The fraction of sp³-hybridized carbons (Fsp3) is 0.463. The van der Waals surface area contributed by atoms with Gasteiger partial charge in [-0.1, -0.05) is 79.1 Å². The zero-order chi connectivity index (χ0) is 37.3. The van der Waals surface area contributed by atoms with Gasteiger partial charge in [-0.25, -0.2) is 0 Å². The summed E-state index contributed by atoms with van der Waals surface area (Å²) in [7, 11) is -0.676. The van der Waals surface area contributed by atoms with Crippen LogP contribution in [0.2, 0.25) is 23.7 Å². The highest BCUT2D eigenvalue weighted by Crippen LogP contribution is 2.60. The number of aromatic nitrogens is 3. The lowest BCUT2D eigenvalue weighted by Gasteiger charge is -2.37. The summed E-state index contributed by atoms with van der Waals surface area (Å²) in [5, 5.41) is 19.8. The first kappa shape index (κ1) is 37.3. The van der Waals surface area contributed by atoms with Crippen LogP contribution in [0.25, 0.3) is 0 Å². The highest BCUT2D eigenvalue weighted by Gasteiger charge is 2.66. The van der Waals surface area contributed by atoms with Crippen molar-refractivity contribution >= 4 is 48.1 Å². The van der Waals surface area contributed by atoms with Gasteiger partial charge in [0.05, 0.1) is 39.2 Å². The Labute approximate surface area is 318 Å². The van der Waals surface area contributed by atoms with Gasteiger partial charge in [-0.05, 0) is 72.8 Å². The average molecular weight is 756 g/mol. The van der Waals surface area contributed by atoms with Gasteiger partial charge >= 0.3 is 0 Å². The highest BCUT2D eigenvalue weighted by molar-refractivity contribution is 6.91. The molecule has 4 heterocycles. The lowest BCUT2D eigenvalue weighted by Crippen LogP contribution is -2.51. The maximum absolute atomic E-state index is 15.3. The molecule has 4 aromatic rings. The van der Waals surface area contributed by atoms with E-state index in [1.54, 1.807) is 11.8 Å². The van der Waals surface area contributed by atoms with Crippen molar-refractivity contribution in [2.75, 3.05) is 30.1 Å². The number of nitrogens with zero attached hydrogens (tertiary/aromatic N) is 5. The van der Waals surface area contributed by atoms with Crippen LogP contribution in [0.15, 0.2) is 72.9 Å². The number of hydrogen-bond acceptors (Lipinski definition) is 7. The van der Waals surface area contributed by atoms with Gasteiger partial charge in [-0.15, -0.1) is 5.10 Å². The number of methoxy groups -OCH3 is 1. The molecule has 1 N–H and O–H groups in total. The molecule has 3 aromatic carbocycles. The van der Waals surface area contributed by atoms with Crippen LogP contribution < -0.4 is 19.7 Å². The van der Waals surface area contributed by atoms with E-state index in [-0.39, 0.29) is 36.0 Å². The van der Waals surface area contributed by atoms with E-state index in [9.17, 15) is 9.90 Å². The van der Waals surface area contributed by atoms with Crippen molar-refractivity contribution in [2.45, 2.75) is 95.3 Å². The molecule has 7 rings (SSSR count). The first-order valence-electron chi connectivity index (χ1n) is 18.9. The number of benzene rings is 3. The normalized spacial score (nSPS) is 23.4. The molecule has 2 fully saturated rings. The number of halogens is 1. The van der Waals surface area contributed by atoms with Gasteiger partial charge < -0.3 is 24.4 Å². The Morgan fingerprint density at radius 1 is 1.04 bits per heavy atom.